The van der Waals surface area contributed by atoms with Gasteiger partial charge in [-0.15, -0.1) is 0 Å². The van der Waals surface area contributed by atoms with E-state index in [2.05, 4.69) is 0 Å². The molecule has 0 rings (SSSR count). The van der Waals surface area contributed by atoms with Gasteiger partial charge in [0.15, 0.2) is 0 Å². The van der Waals surface area contributed by atoms with Gasteiger partial charge in [-0.2, -0.15) is 8.42 Å². The van der Waals surface area contributed by atoms with Crippen molar-refractivity contribution in [2.45, 2.75) is 0 Å². The Bertz CT molecular complexity index is 102. The van der Waals surface area contributed by atoms with E-state index in [0.29, 0.717) is 0 Å². The summed E-state index contributed by atoms with van der Waals surface area (Å²) in [5, 5.41) is 0. The Hall–Kier alpha value is 0.865. The predicted octanol–water partition coefficient (Wildman–Crippen LogP) is -0.772. The van der Waals surface area contributed by atoms with Crippen LogP contribution in [-0.4, -0.2) is 17.5 Å². The van der Waals surface area contributed by atoms with Crippen LogP contribution >= 0.6 is 0 Å². The van der Waals surface area contributed by atoms with Crippen LogP contribution in [-0.2, 0) is 12.1 Å². The van der Waals surface area contributed by atoms with Gasteiger partial charge in [-0.25, -0.2) is 0 Å². The minimum absolute atomic E-state index is 0.0833. The van der Waals surface area contributed by atoms with Crippen LogP contribution in [0.1, 0.15) is 0 Å². The second-order valence-electron chi connectivity index (χ2n) is 0.448. The fraction of sp³-hybridized carbons (Fsp3) is 0. The van der Waals surface area contributed by atoms with E-state index in [-0.39, 0.29) is 33.8 Å². The van der Waals surface area contributed by atoms with E-state index in [9.17, 15) is 0 Å². The van der Waals surface area contributed by atoms with E-state index in [0.717, 1.165) is 0 Å². The first-order chi connectivity index (χ1) is 3.00. The van der Waals surface area contributed by atoms with E-state index >= 15 is 0 Å². The van der Waals surface area contributed by atoms with E-state index in [4.69, 9.17) is 19.2 Å². The second-order valence-corrected chi connectivity index (χ2v) is 1.34. The van der Waals surface area contributed by atoms with Gasteiger partial charge < -0.3 is 0 Å². The fourth-order valence-electron chi connectivity index (χ4n) is 0. The molecule has 0 unspecified atom stereocenters. The zero-order valence-corrected chi connectivity index (χ0v) is 7.55. The van der Waals surface area contributed by atoms with Crippen molar-refractivity contribution >= 4 is 10.4 Å². The van der Waals surface area contributed by atoms with Crippen molar-refractivity contribution in [3.8, 4) is 0 Å². The fourth-order valence-corrected chi connectivity index (χ4v) is 0. The predicted molar refractivity (Wildman–Crippen MR) is 14.9 cm³/mol. The Morgan fingerprint density at radius 3 is 1.14 bits per heavy atom. The van der Waals surface area contributed by atoms with Gasteiger partial charge in [-0.1, -0.05) is 0 Å². The summed E-state index contributed by atoms with van der Waals surface area (Å²) in [5.74, 6) is 0. The van der Waals surface area contributed by atoms with Gasteiger partial charge in [0, 0.05) is 0 Å². The Kier molecular flexibility index (Phi) is 7.71. The summed E-state index contributed by atoms with van der Waals surface area (Å²) in [6.45, 7) is 0. The third-order valence-corrected chi connectivity index (χ3v) is 0. The topological polar surface area (TPSA) is 91.7 Å². The molecule has 0 saturated carbocycles. The molecule has 0 atom stereocenters. The van der Waals surface area contributed by atoms with Crippen molar-refractivity contribution in [3.63, 3.8) is 0 Å². The molecule has 0 aliphatic rings. The third kappa shape index (κ3) is 217. The van der Waals surface area contributed by atoms with E-state index in [1.807, 2.05) is 0 Å². The van der Waals surface area contributed by atoms with E-state index in [1.165, 1.54) is 0 Å². The van der Waals surface area contributed by atoms with Crippen molar-refractivity contribution in [1.29, 1.82) is 0 Å². The number of rotatable bonds is 0. The van der Waals surface area contributed by atoms with Crippen LogP contribution in [0.2, 0.25) is 0 Å². The molecule has 0 aromatic heterocycles. The first kappa shape index (κ1) is 10.8. The zero-order valence-electron chi connectivity index (χ0n) is 3.10. The monoisotopic (exact) mass is 253 g/mol. The second kappa shape index (κ2) is 5.01. The molecule has 5 nitrogen and oxygen atoms in total. The van der Waals surface area contributed by atoms with Crippen molar-refractivity contribution in [2.75, 3.05) is 0 Å². The van der Waals surface area contributed by atoms with E-state index < -0.39 is 10.4 Å². The van der Waals surface area contributed by atoms with Gasteiger partial charge in [0.1, 0.15) is 0 Å². The van der Waals surface area contributed by atoms with Crippen molar-refractivity contribution in [3.05, 3.63) is 0 Å². The van der Waals surface area contributed by atoms with Gasteiger partial charge in [-0.3, -0.25) is 9.11 Å². The van der Waals surface area contributed by atoms with Crippen LogP contribution in [0.4, 0.5) is 0 Å². The SMILES string of the molecule is O=S(=O)(O)O.[O]=[La]. The maximum atomic E-state index is 8.74. The molecule has 0 fully saturated rings. The summed E-state index contributed by atoms with van der Waals surface area (Å²) < 4.78 is 40.0. The quantitative estimate of drug-likeness (QED) is 0.553. The molecule has 0 aliphatic heterocycles. The molecule has 0 aromatic carbocycles. The van der Waals surface area contributed by atoms with Crippen LogP contribution in [0.25, 0.3) is 0 Å². The summed E-state index contributed by atoms with van der Waals surface area (Å²) in [4.78, 5) is 0. The standard InChI is InChI=1S/La.H2O4S.O/c;1-5(2,3)4;/h;(H2,1,2,3,4);. The van der Waals surface area contributed by atoms with Gasteiger partial charge in [0.2, 0.25) is 0 Å². The zero-order chi connectivity index (χ0) is 6.50. The Labute approximate surface area is 63.0 Å². The summed E-state index contributed by atoms with van der Waals surface area (Å²) in [5.41, 5.74) is 0. The van der Waals surface area contributed by atoms with Gasteiger partial charge in [-0.05, 0) is 0 Å². The van der Waals surface area contributed by atoms with Crippen LogP contribution in [0.5, 0.6) is 0 Å². The van der Waals surface area contributed by atoms with E-state index in [1.54, 1.807) is 0 Å². The molecule has 0 spiro atoms. The average molecular weight is 253 g/mol. The molecule has 0 heterocycles. The molecule has 0 aliphatic carbocycles. The molecule has 0 amide bonds. The minimum atomic E-state index is -4.67. The summed E-state index contributed by atoms with van der Waals surface area (Å²) in [7, 11) is -4.67. The van der Waals surface area contributed by atoms with Crippen LogP contribution < -0.4 is 0 Å². The molecule has 0 aromatic rings. The molecule has 0 saturated heterocycles. The molecular weight excluding hydrogens is 251 g/mol. The van der Waals surface area contributed by atoms with Crippen LogP contribution in [0.3, 0.4) is 0 Å². The van der Waals surface area contributed by atoms with Gasteiger partial charge in [0.25, 0.3) is 0 Å². The normalized spacial score (nSPS) is 9.14. The summed E-state index contributed by atoms with van der Waals surface area (Å²) in [6, 6.07) is 0. The van der Waals surface area contributed by atoms with Crippen LogP contribution in [0.15, 0.2) is 0 Å². The molecule has 7 heteroatoms. The maximum absolute atomic E-state index is 8.74. The van der Waals surface area contributed by atoms with Crippen LogP contribution in [0, 0.1) is 33.8 Å². The Morgan fingerprint density at radius 1 is 1.14 bits per heavy atom. The Balaban J connectivity index is 0. The first-order valence-electron chi connectivity index (χ1n) is 0.934. The third-order valence-electron chi connectivity index (χ3n) is 0. The molecule has 41 valence electrons. The number of hydrogen-bond acceptors (Lipinski definition) is 3. The molecule has 0 bridgehead atoms. The Morgan fingerprint density at radius 2 is 1.14 bits per heavy atom. The average Bonchev–Trinajstić information content (AvgIpc) is 1.36. The molecular formula is H2LaO5S. The summed E-state index contributed by atoms with van der Waals surface area (Å²) >= 11 is -0.0833. The van der Waals surface area contributed by atoms with Crippen molar-refractivity contribution in [1.82, 2.24) is 0 Å². The van der Waals surface area contributed by atoms with Gasteiger partial charge in [0.05, 0.1) is 0 Å². The molecule has 7 heavy (non-hydrogen) atoms. The molecule has 0 radical (unpaired) electrons. The van der Waals surface area contributed by atoms with Crippen molar-refractivity contribution < 1.29 is 53.0 Å². The first-order valence-corrected chi connectivity index (χ1v) is 3.81. The summed E-state index contributed by atoms with van der Waals surface area (Å²) in [6.07, 6.45) is 0. The van der Waals surface area contributed by atoms with Gasteiger partial charge >= 0.3 is 45.9 Å². The van der Waals surface area contributed by atoms with Crippen molar-refractivity contribution in [2.24, 2.45) is 0 Å². The molecule has 2 N–H and O–H groups in total. The number of hydrogen-bond donors (Lipinski definition) is 2.